The van der Waals surface area contributed by atoms with Gasteiger partial charge in [-0.2, -0.15) is 13.2 Å². The second-order valence-electron chi connectivity index (χ2n) is 16.6. The SMILES string of the molecule is C.NCCCC[C@H](NC(=O)[C@H](CC(=O)O)NC(=O)[C@H](CC(=O)O)NC(=O)[C@H](CC(=O)O)NC(=O)[C@H](CC(=O)O)NC(=O)[C@H](CCCCN)NC(=O)[C@H](Cc1ccc(O)cc1)NC(=O)[C@@H](N)CC(=O)O)C(=O)O.O=C(O)C(F)(F)F. The number of carboxylic acids is 7. The number of unbranched alkanes of at least 4 members (excludes halogenated alkanes) is 2. The minimum Gasteiger partial charge on any atom is -0.508 e. The molecule has 21 N–H and O–H groups in total. The van der Waals surface area contributed by atoms with Crippen molar-refractivity contribution in [3.63, 3.8) is 0 Å². The number of carboxylic acid groups (broad SMARTS) is 7. The molecule has 35 heteroatoms. The summed E-state index contributed by atoms with van der Waals surface area (Å²) < 4.78 is 31.7. The lowest BCUT2D eigenvalue weighted by Gasteiger charge is -2.27. The van der Waals surface area contributed by atoms with Crippen LogP contribution in [0, 0.1) is 0 Å². The second-order valence-corrected chi connectivity index (χ2v) is 16.6. The van der Waals surface area contributed by atoms with Crippen molar-refractivity contribution >= 4 is 83.1 Å². The first-order chi connectivity index (χ1) is 36.2. The molecule has 1 aromatic rings. The second kappa shape index (κ2) is 36.3. The highest BCUT2D eigenvalue weighted by molar-refractivity contribution is 6.00. The van der Waals surface area contributed by atoms with Crippen LogP contribution in [0.1, 0.15) is 83.6 Å². The smallest absolute Gasteiger partial charge is 0.490 e. The van der Waals surface area contributed by atoms with E-state index in [0.717, 1.165) is 0 Å². The minimum atomic E-state index is -5.08. The van der Waals surface area contributed by atoms with Gasteiger partial charge in [0.2, 0.25) is 41.4 Å². The lowest BCUT2D eigenvalue weighted by Crippen LogP contribution is -2.61. The van der Waals surface area contributed by atoms with Gasteiger partial charge in [-0.15, -0.1) is 0 Å². The molecule has 444 valence electrons. The number of amides is 7. The average Bonchev–Trinajstić information content (AvgIpc) is 3.31. The Morgan fingerprint density at radius 1 is 0.430 bits per heavy atom. The van der Waals surface area contributed by atoms with Crippen LogP contribution in [0.2, 0.25) is 0 Å². The van der Waals surface area contributed by atoms with E-state index < -0.39 is 170 Å². The molecule has 0 aliphatic carbocycles. The number of phenols is 1. The van der Waals surface area contributed by atoms with Crippen molar-refractivity contribution in [3.8, 4) is 5.75 Å². The van der Waals surface area contributed by atoms with E-state index in [1.165, 1.54) is 24.3 Å². The zero-order chi connectivity index (χ0) is 60.0. The van der Waals surface area contributed by atoms with Crippen LogP contribution in [-0.2, 0) is 73.5 Å². The third-order valence-corrected chi connectivity index (χ3v) is 10.2. The third kappa shape index (κ3) is 30.6. The predicted octanol–water partition coefficient (Wildman–Crippen LogP) is -4.36. The lowest BCUT2D eigenvalue weighted by atomic mass is 10.0. The molecule has 1 rings (SSSR count). The van der Waals surface area contributed by atoms with E-state index in [2.05, 4.69) is 21.3 Å². The number of nitrogens with two attached hydrogens (primary N) is 3. The molecule has 79 heavy (non-hydrogen) atoms. The Balaban J connectivity index is 0. The molecule has 8 atom stereocenters. The lowest BCUT2D eigenvalue weighted by molar-refractivity contribution is -0.192. The number of aromatic hydroxyl groups is 1. The van der Waals surface area contributed by atoms with Crippen LogP contribution in [0.25, 0.3) is 0 Å². The van der Waals surface area contributed by atoms with Crippen LogP contribution in [-0.4, -0.2) is 192 Å². The van der Waals surface area contributed by atoms with Crippen molar-refractivity contribution in [2.75, 3.05) is 13.1 Å². The van der Waals surface area contributed by atoms with E-state index in [9.17, 15) is 106 Å². The number of benzene rings is 1. The molecule has 0 aromatic heterocycles. The average molecular weight is 1140 g/mol. The van der Waals surface area contributed by atoms with Crippen molar-refractivity contribution < 1.29 is 121 Å². The molecule has 0 heterocycles. The Kier molecular flexibility index (Phi) is 33.3. The Morgan fingerprint density at radius 3 is 1.01 bits per heavy atom. The highest BCUT2D eigenvalue weighted by Gasteiger charge is 2.39. The van der Waals surface area contributed by atoms with Crippen LogP contribution >= 0.6 is 0 Å². The highest BCUT2D eigenvalue weighted by atomic mass is 19.4. The molecular weight excluding hydrogens is 1080 g/mol. The van der Waals surface area contributed by atoms with Gasteiger partial charge in [-0.3, -0.25) is 57.5 Å². The number of hydrogen-bond acceptors (Lipinski definition) is 18. The molecule has 0 saturated carbocycles. The maximum absolute atomic E-state index is 13.8. The Labute approximate surface area is 445 Å². The van der Waals surface area contributed by atoms with Crippen molar-refractivity contribution in [2.45, 2.75) is 139 Å². The number of rotatable bonds is 35. The molecule has 0 spiro atoms. The number of nitrogens with one attached hydrogen (secondary N) is 7. The summed E-state index contributed by atoms with van der Waals surface area (Å²) in [7, 11) is 0. The first-order valence-electron chi connectivity index (χ1n) is 22.9. The van der Waals surface area contributed by atoms with Crippen LogP contribution in [0.4, 0.5) is 13.2 Å². The summed E-state index contributed by atoms with van der Waals surface area (Å²) in [5.41, 5.74) is 17.0. The Morgan fingerprint density at radius 2 is 0.709 bits per heavy atom. The molecule has 0 unspecified atom stereocenters. The summed E-state index contributed by atoms with van der Waals surface area (Å²) in [4.78, 5) is 173. The summed E-state index contributed by atoms with van der Waals surface area (Å²) in [6.45, 7) is 0.271. The number of carbonyl (C=O) groups excluding carboxylic acids is 7. The van der Waals surface area contributed by atoms with Crippen molar-refractivity contribution in [3.05, 3.63) is 29.8 Å². The Hall–Kier alpha value is -8.73. The first-order valence-corrected chi connectivity index (χ1v) is 22.9. The molecule has 0 aliphatic heterocycles. The molecule has 0 fully saturated rings. The Bertz CT molecular complexity index is 2310. The van der Waals surface area contributed by atoms with Gasteiger partial charge >= 0.3 is 48.0 Å². The molecular formula is C44H65F3N10O22. The largest absolute Gasteiger partial charge is 0.508 e. The fraction of sp³-hybridized carbons (Fsp3) is 0.545. The van der Waals surface area contributed by atoms with Gasteiger partial charge in [-0.25, -0.2) is 9.59 Å². The van der Waals surface area contributed by atoms with Crippen molar-refractivity contribution in [1.82, 2.24) is 37.2 Å². The molecule has 0 saturated heterocycles. The first kappa shape index (κ1) is 72.3. The predicted molar refractivity (Wildman–Crippen MR) is 258 cm³/mol. The molecule has 0 aliphatic rings. The van der Waals surface area contributed by atoms with Crippen molar-refractivity contribution in [2.24, 2.45) is 17.2 Å². The molecule has 0 radical (unpaired) electrons. The van der Waals surface area contributed by atoms with E-state index in [1.807, 2.05) is 16.0 Å². The van der Waals surface area contributed by atoms with Gasteiger partial charge in [0.25, 0.3) is 0 Å². The zero-order valence-corrected chi connectivity index (χ0v) is 41.0. The van der Waals surface area contributed by atoms with Crippen LogP contribution < -0.4 is 54.4 Å². The summed E-state index contributed by atoms with van der Waals surface area (Å²) in [5.74, 6) is -22.4. The van der Waals surface area contributed by atoms with Gasteiger partial charge < -0.3 is 95.3 Å². The number of carbonyl (C=O) groups is 14. The highest BCUT2D eigenvalue weighted by Crippen LogP contribution is 2.14. The summed E-state index contributed by atoms with van der Waals surface area (Å²) in [5, 5.41) is 88.1. The van der Waals surface area contributed by atoms with Crippen LogP contribution in [0.15, 0.2) is 24.3 Å². The number of alkyl halides is 3. The van der Waals surface area contributed by atoms with Gasteiger partial charge in [0.05, 0.1) is 38.1 Å². The van der Waals surface area contributed by atoms with E-state index in [1.54, 1.807) is 0 Å². The third-order valence-electron chi connectivity index (χ3n) is 10.2. The van der Waals surface area contributed by atoms with E-state index in [4.69, 9.17) is 32.2 Å². The number of aliphatic carboxylic acids is 7. The van der Waals surface area contributed by atoms with Gasteiger partial charge in [-0.1, -0.05) is 19.6 Å². The van der Waals surface area contributed by atoms with Gasteiger partial charge in [0.15, 0.2) is 0 Å². The number of halogens is 3. The van der Waals surface area contributed by atoms with Gasteiger partial charge in [0.1, 0.15) is 48.0 Å². The minimum absolute atomic E-state index is 0. The summed E-state index contributed by atoms with van der Waals surface area (Å²) in [6.07, 6.45) is -10.8. The molecule has 32 nitrogen and oxygen atoms in total. The van der Waals surface area contributed by atoms with Gasteiger partial charge in [-0.05, 0) is 69.3 Å². The van der Waals surface area contributed by atoms with E-state index in [0.29, 0.717) is 12.0 Å². The standard InChI is InChI=1S/C41H60N10O20.C2HF3O2.CH4/c42-11-3-1-5-22(45-36(65)24(13-19-7-9-20(52)10-8-19)47-34(63)21(44)14-29(53)54)35(64)48-26(16-31(57)58)38(67)50-28(18-33(61)62)40(69)51-27(17-32(59)60)39(68)49-25(15-30(55)56)37(66)46-23(41(70)71)6-2-4-12-43;3-2(4,5)1(6)7;/h7-10,21-28,52H,1-6,11-18,42-44H2,(H,45,65)(H,46,66)(H,47,63)(H,48,64)(H,49,68)(H,50,67)(H,51,69)(H,53,54)(H,55,56)(H,57,58)(H,59,60)(H,61,62)(H,70,71);(H,6,7);1H4/t21-,22-,23-,24-,25-,26-,27-,28-;;/m0../s1. The monoisotopic (exact) mass is 1140 g/mol. The molecule has 0 bridgehead atoms. The topological polar surface area (TPSA) is 563 Å². The van der Waals surface area contributed by atoms with Crippen molar-refractivity contribution in [1.29, 1.82) is 0 Å². The normalized spacial score (nSPS) is 13.7. The fourth-order valence-electron chi connectivity index (χ4n) is 6.32. The summed E-state index contributed by atoms with van der Waals surface area (Å²) >= 11 is 0. The number of phenolic OH excluding ortho intramolecular Hbond substituents is 1. The fourth-order valence-corrected chi connectivity index (χ4v) is 6.32. The van der Waals surface area contributed by atoms with Gasteiger partial charge in [0, 0.05) is 6.42 Å². The van der Waals surface area contributed by atoms with E-state index in [-0.39, 0.29) is 64.8 Å². The maximum Gasteiger partial charge on any atom is 0.490 e. The number of hydrogen-bond donors (Lipinski definition) is 18. The molecule has 7 amide bonds. The summed E-state index contributed by atoms with van der Waals surface area (Å²) in [6, 6.07) is -9.94. The zero-order valence-electron chi connectivity index (χ0n) is 41.0. The molecule has 1 aromatic carbocycles. The maximum atomic E-state index is 13.8. The van der Waals surface area contributed by atoms with E-state index >= 15 is 0 Å². The quantitative estimate of drug-likeness (QED) is 0.0286. The van der Waals surface area contributed by atoms with Crippen LogP contribution in [0.3, 0.4) is 0 Å². The van der Waals surface area contributed by atoms with Crippen LogP contribution in [0.5, 0.6) is 5.75 Å².